The van der Waals surface area contributed by atoms with Gasteiger partial charge in [-0.3, -0.25) is 9.48 Å². The number of amides is 1. The zero-order chi connectivity index (χ0) is 18.6. The minimum absolute atomic E-state index is 0.0483. The highest BCUT2D eigenvalue weighted by molar-refractivity contribution is 5.91. The second-order valence-corrected chi connectivity index (χ2v) is 6.62. The maximum Gasteiger partial charge on any atom is 0.224 e. The van der Waals surface area contributed by atoms with E-state index in [-0.39, 0.29) is 5.91 Å². The van der Waals surface area contributed by atoms with Crippen molar-refractivity contribution in [1.29, 1.82) is 0 Å². The summed E-state index contributed by atoms with van der Waals surface area (Å²) in [6, 6.07) is 10.1. The molecule has 2 heterocycles. The van der Waals surface area contributed by atoms with E-state index < -0.39 is 5.66 Å². The molecule has 0 saturated heterocycles. The number of nitrogens with zero attached hydrogens (tertiary/aromatic N) is 4. The molecule has 0 radical (unpaired) electrons. The number of rotatable bonds is 8. The van der Waals surface area contributed by atoms with Crippen molar-refractivity contribution in [3.63, 3.8) is 0 Å². The van der Waals surface area contributed by atoms with E-state index in [0.29, 0.717) is 32.2 Å². The van der Waals surface area contributed by atoms with Crippen molar-refractivity contribution in [3.8, 4) is 12.3 Å². The summed E-state index contributed by atoms with van der Waals surface area (Å²) in [6.07, 6.45) is 7.58. The van der Waals surface area contributed by atoms with Crippen LogP contribution in [0.3, 0.4) is 0 Å². The summed E-state index contributed by atoms with van der Waals surface area (Å²) in [5, 5.41) is 15.7. The normalized spacial score (nSPS) is 14.0. The van der Waals surface area contributed by atoms with Gasteiger partial charge in [0.2, 0.25) is 5.91 Å². The quantitative estimate of drug-likeness (QED) is 0.736. The number of nitrogens with one attached hydrogen (secondary N) is 1. The van der Waals surface area contributed by atoms with Crippen molar-refractivity contribution in [2.24, 2.45) is 10.2 Å². The molecule has 6 heteroatoms. The first kappa shape index (κ1) is 17.9. The number of anilines is 1. The molecule has 0 atom stereocenters. The molecule has 0 bridgehead atoms. The molecule has 1 aliphatic rings. The van der Waals surface area contributed by atoms with E-state index in [9.17, 15) is 4.79 Å². The Morgan fingerprint density at radius 2 is 1.96 bits per heavy atom. The van der Waals surface area contributed by atoms with Gasteiger partial charge in [0.15, 0.2) is 5.66 Å². The van der Waals surface area contributed by atoms with Crippen LogP contribution in [0.1, 0.15) is 42.6 Å². The van der Waals surface area contributed by atoms with Crippen LogP contribution in [0.5, 0.6) is 0 Å². The van der Waals surface area contributed by atoms with Gasteiger partial charge in [-0.05, 0) is 19.4 Å². The maximum atomic E-state index is 12.4. The Balaban J connectivity index is 1.59. The lowest BCUT2D eigenvalue weighted by Crippen LogP contribution is -2.18. The third-order valence-electron chi connectivity index (χ3n) is 4.63. The summed E-state index contributed by atoms with van der Waals surface area (Å²) in [7, 11) is 0. The zero-order valence-corrected chi connectivity index (χ0v) is 15.2. The second kappa shape index (κ2) is 7.52. The SMILES string of the molecule is C#CCCC1(CCC(=O)Nc2c(C)nn(Cc3ccccc3)c2C)N=N1. The Kier molecular flexibility index (Phi) is 5.17. The predicted molar refractivity (Wildman–Crippen MR) is 101 cm³/mol. The van der Waals surface area contributed by atoms with Crippen molar-refractivity contribution < 1.29 is 4.79 Å². The smallest absolute Gasteiger partial charge is 0.224 e. The number of hydrogen-bond acceptors (Lipinski definition) is 4. The lowest BCUT2D eigenvalue weighted by atomic mass is 10.0. The summed E-state index contributed by atoms with van der Waals surface area (Å²) < 4.78 is 1.92. The second-order valence-electron chi connectivity index (χ2n) is 6.62. The van der Waals surface area contributed by atoms with Gasteiger partial charge in [0.05, 0.1) is 23.6 Å². The van der Waals surface area contributed by atoms with Crippen LogP contribution in [-0.2, 0) is 11.3 Å². The minimum Gasteiger partial charge on any atom is -0.323 e. The monoisotopic (exact) mass is 349 g/mol. The van der Waals surface area contributed by atoms with Crippen LogP contribution in [0.25, 0.3) is 0 Å². The third kappa shape index (κ3) is 4.17. The Bertz CT molecular complexity index is 854. The molecule has 0 fully saturated rings. The van der Waals surface area contributed by atoms with E-state index in [1.165, 1.54) is 5.56 Å². The van der Waals surface area contributed by atoms with Gasteiger partial charge in [-0.25, -0.2) is 0 Å². The van der Waals surface area contributed by atoms with E-state index >= 15 is 0 Å². The number of terminal acetylenes is 1. The fraction of sp³-hybridized carbons (Fsp3) is 0.400. The van der Waals surface area contributed by atoms with E-state index in [2.05, 4.69) is 38.7 Å². The molecule has 0 spiro atoms. The van der Waals surface area contributed by atoms with Gasteiger partial charge >= 0.3 is 0 Å². The number of carbonyl (C=O) groups excluding carboxylic acids is 1. The molecule has 1 N–H and O–H groups in total. The van der Waals surface area contributed by atoms with Gasteiger partial charge in [0.25, 0.3) is 0 Å². The number of aryl methyl sites for hydroxylation is 1. The first-order valence-electron chi connectivity index (χ1n) is 8.78. The van der Waals surface area contributed by atoms with Crippen molar-refractivity contribution in [2.75, 3.05) is 5.32 Å². The zero-order valence-electron chi connectivity index (χ0n) is 15.2. The van der Waals surface area contributed by atoms with Crippen LogP contribution in [0.4, 0.5) is 5.69 Å². The number of carbonyl (C=O) groups is 1. The lowest BCUT2D eigenvalue weighted by Gasteiger charge is -2.10. The van der Waals surface area contributed by atoms with Gasteiger partial charge in [-0.15, -0.1) is 12.3 Å². The van der Waals surface area contributed by atoms with Crippen molar-refractivity contribution in [1.82, 2.24) is 9.78 Å². The maximum absolute atomic E-state index is 12.4. The third-order valence-corrected chi connectivity index (χ3v) is 4.63. The molecule has 26 heavy (non-hydrogen) atoms. The molecule has 0 unspecified atom stereocenters. The summed E-state index contributed by atoms with van der Waals surface area (Å²) in [6.45, 7) is 4.55. The molecule has 134 valence electrons. The lowest BCUT2D eigenvalue weighted by molar-refractivity contribution is -0.116. The summed E-state index contributed by atoms with van der Waals surface area (Å²) in [5.41, 5.74) is 3.29. The van der Waals surface area contributed by atoms with E-state index in [4.69, 9.17) is 6.42 Å². The minimum atomic E-state index is -0.425. The first-order chi connectivity index (χ1) is 12.5. The van der Waals surface area contributed by atoms with Gasteiger partial charge < -0.3 is 5.32 Å². The highest BCUT2D eigenvalue weighted by Crippen LogP contribution is 2.37. The molecule has 6 nitrogen and oxygen atoms in total. The number of aromatic nitrogens is 2. The van der Waals surface area contributed by atoms with Crippen LogP contribution in [0, 0.1) is 26.2 Å². The molecular weight excluding hydrogens is 326 g/mol. The molecule has 1 aliphatic heterocycles. The van der Waals surface area contributed by atoms with Crippen molar-refractivity contribution >= 4 is 11.6 Å². The van der Waals surface area contributed by atoms with Crippen LogP contribution in [0.15, 0.2) is 40.6 Å². The Morgan fingerprint density at radius 3 is 2.62 bits per heavy atom. The highest BCUT2D eigenvalue weighted by atomic mass is 16.1. The molecule has 0 aliphatic carbocycles. The van der Waals surface area contributed by atoms with Crippen LogP contribution >= 0.6 is 0 Å². The number of benzene rings is 1. The Hall–Kier alpha value is -2.94. The number of hydrogen-bond donors (Lipinski definition) is 1. The summed E-state index contributed by atoms with van der Waals surface area (Å²) >= 11 is 0. The largest absolute Gasteiger partial charge is 0.323 e. The summed E-state index contributed by atoms with van der Waals surface area (Å²) in [5.74, 6) is 2.55. The molecule has 3 rings (SSSR count). The summed E-state index contributed by atoms with van der Waals surface area (Å²) in [4.78, 5) is 12.4. The van der Waals surface area contributed by atoms with E-state index in [1.54, 1.807) is 0 Å². The average Bonchev–Trinajstić information content (AvgIpc) is 3.37. The van der Waals surface area contributed by atoms with E-state index in [0.717, 1.165) is 17.1 Å². The van der Waals surface area contributed by atoms with Crippen LogP contribution < -0.4 is 5.32 Å². The molecule has 0 saturated carbocycles. The van der Waals surface area contributed by atoms with Crippen molar-refractivity contribution in [3.05, 3.63) is 47.3 Å². The Labute approximate surface area is 153 Å². The first-order valence-corrected chi connectivity index (χ1v) is 8.78. The fourth-order valence-electron chi connectivity index (χ4n) is 2.97. The average molecular weight is 349 g/mol. The Morgan fingerprint density at radius 1 is 1.23 bits per heavy atom. The standard InChI is InChI=1S/C20H23N5O/c1-4-5-12-20(23-24-20)13-11-18(26)21-19-15(2)22-25(16(19)3)14-17-9-7-6-8-10-17/h1,6-10H,5,11-14H2,2-3H3,(H,21,26). The fourth-order valence-corrected chi connectivity index (χ4v) is 2.97. The molecule has 1 aromatic heterocycles. The van der Waals surface area contributed by atoms with Gasteiger partial charge in [-0.2, -0.15) is 15.3 Å². The van der Waals surface area contributed by atoms with Gasteiger partial charge in [-0.1, -0.05) is 30.3 Å². The van der Waals surface area contributed by atoms with Crippen molar-refractivity contribution in [2.45, 2.75) is 51.7 Å². The molecule has 1 aromatic carbocycles. The molecular formula is C20H23N5O. The van der Waals surface area contributed by atoms with Crippen LogP contribution in [0.2, 0.25) is 0 Å². The van der Waals surface area contributed by atoms with Gasteiger partial charge in [0.1, 0.15) is 0 Å². The van der Waals surface area contributed by atoms with Gasteiger partial charge in [0, 0.05) is 25.7 Å². The molecule has 2 aromatic rings. The predicted octanol–water partition coefficient (Wildman–Crippen LogP) is 3.84. The molecule has 1 amide bonds. The topological polar surface area (TPSA) is 71.6 Å². The van der Waals surface area contributed by atoms with Crippen LogP contribution in [-0.4, -0.2) is 21.4 Å². The van der Waals surface area contributed by atoms with E-state index in [1.807, 2.05) is 36.7 Å². The highest BCUT2D eigenvalue weighted by Gasteiger charge is 2.39.